The largest absolute Gasteiger partial charge is 0.472 e. The van der Waals surface area contributed by atoms with Crippen LogP contribution in [-0.2, 0) is 32.7 Å². The standard InChI is InChI=1S/C40H76NO10P/c1-6-8-10-12-14-15-16-17-18-22-26-30-39(44)48-34-36(35-50-52(46,47)49-33-32-41(3,4)5)51-40(45)31-27-23-19-21-25-29-38(43)37(42)28-24-20-13-11-9-7-2/h12,14,20,24,36-38,42-43H,6-11,13,15-19,21-23,25-35H2,1-5H3/p+1/b14-12-,24-20-/t36-,37+,38+/m1/s1. The van der Waals surface area contributed by atoms with E-state index in [2.05, 4.69) is 32.1 Å². The molecule has 0 bridgehead atoms. The van der Waals surface area contributed by atoms with E-state index < -0.39 is 44.7 Å². The number of likely N-dealkylation sites (N-methyl/N-ethyl adjacent to an activating group) is 1. The molecule has 0 saturated carbocycles. The minimum absolute atomic E-state index is 0.00244. The summed E-state index contributed by atoms with van der Waals surface area (Å²) in [6.07, 6.45) is 25.4. The van der Waals surface area contributed by atoms with Crippen LogP contribution in [0.2, 0.25) is 0 Å². The van der Waals surface area contributed by atoms with Crippen molar-refractivity contribution in [3.05, 3.63) is 24.3 Å². The molecule has 11 nitrogen and oxygen atoms in total. The van der Waals surface area contributed by atoms with E-state index in [0.29, 0.717) is 36.7 Å². The zero-order chi connectivity index (χ0) is 38.9. The molecule has 0 heterocycles. The number of hydrogen-bond acceptors (Lipinski definition) is 9. The number of hydrogen-bond donors (Lipinski definition) is 3. The fourth-order valence-electron chi connectivity index (χ4n) is 5.25. The van der Waals surface area contributed by atoms with E-state index >= 15 is 0 Å². The van der Waals surface area contributed by atoms with Gasteiger partial charge in [0, 0.05) is 12.8 Å². The molecule has 0 aromatic heterocycles. The number of phosphoric acid groups is 1. The van der Waals surface area contributed by atoms with E-state index in [0.717, 1.165) is 77.0 Å². The number of unbranched alkanes of at least 4 members (excludes halogenated alkanes) is 14. The summed E-state index contributed by atoms with van der Waals surface area (Å²) in [5.41, 5.74) is 0. The Hall–Kier alpha value is -1.59. The monoisotopic (exact) mass is 763 g/mol. The average Bonchev–Trinajstić information content (AvgIpc) is 3.08. The number of aliphatic hydroxyl groups excluding tert-OH is 2. The molecule has 0 aromatic rings. The summed E-state index contributed by atoms with van der Waals surface area (Å²) in [5, 5.41) is 20.4. The SMILES string of the molecule is CCCC/C=C\CCCCCCCC(=O)OC[C@H](COP(=O)(O)OCC[N+](C)(C)C)OC(=O)CCCCCCC[C@H](O)[C@@H](O)C/C=C\CCCCC. The van der Waals surface area contributed by atoms with E-state index in [1.807, 2.05) is 27.2 Å². The second-order valence-electron chi connectivity index (χ2n) is 15.0. The second-order valence-corrected chi connectivity index (χ2v) is 16.4. The first kappa shape index (κ1) is 50.4. The van der Waals surface area contributed by atoms with Gasteiger partial charge in [-0.3, -0.25) is 18.6 Å². The van der Waals surface area contributed by atoms with Gasteiger partial charge in [0.15, 0.2) is 6.10 Å². The van der Waals surface area contributed by atoms with Crippen LogP contribution in [0.4, 0.5) is 0 Å². The van der Waals surface area contributed by atoms with Crippen molar-refractivity contribution in [3.8, 4) is 0 Å². The van der Waals surface area contributed by atoms with Crippen LogP contribution in [-0.4, -0.2) is 97.3 Å². The molecular weight excluding hydrogens is 685 g/mol. The first-order valence-electron chi connectivity index (χ1n) is 20.2. The Morgan fingerprint density at radius 1 is 0.654 bits per heavy atom. The third-order valence-electron chi connectivity index (χ3n) is 8.65. The number of ether oxygens (including phenoxy) is 2. The van der Waals surface area contributed by atoms with Crippen LogP contribution < -0.4 is 0 Å². The van der Waals surface area contributed by atoms with Crippen LogP contribution in [0.5, 0.6) is 0 Å². The zero-order valence-electron chi connectivity index (χ0n) is 33.5. The number of nitrogens with zero attached hydrogens (tertiary/aromatic N) is 1. The van der Waals surface area contributed by atoms with E-state index in [-0.39, 0.29) is 26.1 Å². The lowest BCUT2D eigenvalue weighted by Gasteiger charge is -2.24. The fraction of sp³-hybridized carbons (Fsp3) is 0.850. The van der Waals surface area contributed by atoms with Gasteiger partial charge >= 0.3 is 19.8 Å². The first-order valence-corrected chi connectivity index (χ1v) is 21.7. The molecule has 0 aliphatic carbocycles. The molecule has 0 radical (unpaired) electrons. The summed E-state index contributed by atoms with van der Waals surface area (Å²) in [4.78, 5) is 35.2. The number of rotatable bonds is 36. The predicted molar refractivity (Wildman–Crippen MR) is 209 cm³/mol. The van der Waals surface area contributed by atoms with Crippen LogP contribution in [0, 0.1) is 0 Å². The molecule has 4 atom stereocenters. The van der Waals surface area contributed by atoms with Crippen LogP contribution in [0.1, 0.15) is 155 Å². The topological polar surface area (TPSA) is 149 Å². The maximum absolute atomic E-state index is 12.6. The Balaban J connectivity index is 4.55. The molecule has 0 rings (SSSR count). The van der Waals surface area contributed by atoms with Gasteiger partial charge in [-0.25, -0.2) is 4.57 Å². The van der Waals surface area contributed by atoms with Crippen molar-refractivity contribution in [3.63, 3.8) is 0 Å². The molecule has 0 amide bonds. The Labute approximate surface area is 316 Å². The minimum atomic E-state index is -4.41. The minimum Gasteiger partial charge on any atom is -0.462 e. The first-order chi connectivity index (χ1) is 24.8. The number of quaternary nitrogens is 1. The maximum Gasteiger partial charge on any atom is 0.472 e. The van der Waals surface area contributed by atoms with Crippen LogP contribution >= 0.6 is 7.82 Å². The summed E-state index contributed by atoms with van der Waals surface area (Å²) in [6, 6.07) is 0. The molecule has 0 fully saturated rings. The van der Waals surface area contributed by atoms with Crippen LogP contribution in [0.25, 0.3) is 0 Å². The van der Waals surface area contributed by atoms with Crippen molar-refractivity contribution in [2.75, 3.05) is 47.5 Å². The number of allylic oxidation sites excluding steroid dienone is 3. The number of esters is 2. The van der Waals surface area contributed by atoms with Crippen molar-refractivity contribution in [1.29, 1.82) is 0 Å². The maximum atomic E-state index is 12.6. The van der Waals surface area contributed by atoms with Gasteiger partial charge in [-0.2, -0.15) is 0 Å². The van der Waals surface area contributed by atoms with Gasteiger partial charge in [0.2, 0.25) is 0 Å². The molecule has 0 aliphatic rings. The molecule has 1 unspecified atom stereocenters. The van der Waals surface area contributed by atoms with Crippen molar-refractivity contribution in [1.82, 2.24) is 0 Å². The lowest BCUT2D eigenvalue weighted by molar-refractivity contribution is -0.870. The molecule has 0 aromatic carbocycles. The third kappa shape index (κ3) is 34.2. The average molecular weight is 763 g/mol. The van der Waals surface area contributed by atoms with Gasteiger partial charge in [-0.05, 0) is 57.8 Å². The van der Waals surface area contributed by atoms with Gasteiger partial charge in [-0.1, -0.05) is 109 Å². The van der Waals surface area contributed by atoms with Crippen LogP contribution in [0.3, 0.4) is 0 Å². The molecule has 52 heavy (non-hydrogen) atoms. The molecule has 12 heteroatoms. The third-order valence-corrected chi connectivity index (χ3v) is 9.64. The summed E-state index contributed by atoms with van der Waals surface area (Å²) >= 11 is 0. The normalized spacial score (nSPS) is 15.2. The van der Waals surface area contributed by atoms with Gasteiger partial charge in [0.25, 0.3) is 0 Å². The van der Waals surface area contributed by atoms with Gasteiger partial charge in [0.05, 0.1) is 40.0 Å². The number of aliphatic hydroxyl groups is 2. The molecule has 0 saturated heterocycles. The smallest absolute Gasteiger partial charge is 0.462 e. The predicted octanol–water partition coefficient (Wildman–Crippen LogP) is 8.74. The highest BCUT2D eigenvalue weighted by Crippen LogP contribution is 2.43. The van der Waals surface area contributed by atoms with Gasteiger partial charge in [0.1, 0.15) is 19.8 Å². The Bertz CT molecular complexity index is 984. The fourth-order valence-corrected chi connectivity index (χ4v) is 5.99. The molecule has 3 N–H and O–H groups in total. The van der Waals surface area contributed by atoms with E-state index in [1.54, 1.807) is 0 Å². The highest BCUT2D eigenvalue weighted by molar-refractivity contribution is 7.47. The van der Waals surface area contributed by atoms with E-state index in [9.17, 15) is 29.3 Å². The second kappa shape index (κ2) is 32.8. The Kier molecular flexibility index (Phi) is 31.8. The summed E-state index contributed by atoms with van der Waals surface area (Å²) < 4.78 is 34.1. The number of carbonyl (C=O) groups excluding carboxylic acids is 2. The Morgan fingerprint density at radius 2 is 1.19 bits per heavy atom. The Morgan fingerprint density at radius 3 is 1.83 bits per heavy atom. The van der Waals surface area contributed by atoms with Crippen molar-refractivity contribution in [2.24, 2.45) is 0 Å². The quantitative estimate of drug-likeness (QED) is 0.0186. The molecule has 0 aliphatic heterocycles. The van der Waals surface area contributed by atoms with Gasteiger partial charge in [-0.15, -0.1) is 0 Å². The highest BCUT2D eigenvalue weighted by Gasteiger charge is 2.27. The molecule has 0 spiro atoms. The van der Waals surface area contributed by atoms with E-state index in [1.165, 1.54) is 25.7 Å². The van der Waals surface area contributed by atoms with Crippen molar-refractivity contribution in [2.45, 2.75) is 173 Å². The lowest BCUT2D eigenvalue weighted by Crippen LogP contribution is -2.37. The van der Waals surface area contributed by atoms with Crippen LogP contribution in [0.15, 0.2) is 24.3 Å². The summed E-state index contributed by atoms with van der Waals surface area (Å²) in [6.45, 7) is 4.11. The summed E-state index contributed by atoms with van der Waals surface area (Å²) in [5.74, 6) is -0.923. The number of phosphoric ester groups is 1. The van der Waals surface area contributed by atoms with Crippen molar-refractivity contribution >= 4 is 19.8 Å². The zero-order valence-corrected chi connectivity index (χ0v) is 34.4. The van der Waals surface area contributed by atoms with Gasteiger partial charge < -0.3 is 29.1 Å². The highest BCUT2D eigenvalue weighted by atomic mass is 31.2. The lowest BCUT2D eigenvalue weighted by atomic mass is 10.0. The van der Waals surface area contributed by atoms with Crippen molar-refractivity contribution < 1.29 is 52.3 Å². The molecule has 306 valence electrons. The summed E-state index contributed by atoms with van der Waals surface area (Å²) in [7, 11) is 1.37. The number of carbonyl (C=O) groups is 2. The van der Waals surface area contributed by atoms with E-state index in [4.69, 9.17) is 18.5 Å². The molecular formula is C40H77NO10P+.